The van der Waals surface area contributed by atoms with Gasteiger partial charge in [-0.25, -0.2) is 0 Å². The van der Waals surface area contributed by atoms with Crippen LogP contribution in [0.2, 0.25) is 0 Å². The number of likely N-dealkylation sites (tertiary alicyclic amines) is 1. The molecule has 2 heterocycles. The van der Waals surface area contributed by atoms with E-state index in [1.165, 1.54) is 5.56 Å². The van der Waals surface area contributed by atoms with Gasteiger partial charge < -0.3 is 4.90 Å². The van der Waals surface area contributed by atoms with E-state index in [2.05, 4.69) is 42.4 Å². The lowest BCUT2D eigenvalue weighted by Crippen LogP contribution is -2.42. The van der Waals surface area contributed by atoms with Crippen molar-refractivity contribution in [3.05, 3.63) is 89.6 Å². The smallest absolute Gasteiger partial charge is 0.187 e. The molecule has 150 valence electrons. The Morgan fingerprint density at radius 3 is 2.41 bits per heavy atom. The normalized spacial score (nSPS) is 18.3. The van der Waals surface area contributed by atoms with Gasteiger partial charge in [0.1, 0.15) is 5.60 Å². The van der Waals surface area contributed by atoms with Crippen molar-refractivity contribution >= 4 is 11.5 Å². The zero-order valence-corrected chi connectivity index (χ0v) is 17.1. The molecule has 1 spiro atoms. The molecule has 1 saturated heterocycles. The van der Waals surface area contributed by atoms with Crippen molar-refractivity contribution in [1.29, 1.82) is 0 Å². The van der Waals surface area contributed by atoms with Crippen molar-refractivity contribution in [2.45, 2.75) is 38.2 Å². The second kappa shape index (κ2) is 8.26. The third-order valence-electron chi connectivity index (χ3n) is 5.80. The van der Waals surface area contributed by atoms with E-state index >= 15 is 0 Å². The summed E-state index contributed by atoms with van der Waals surface area (Å²) < 4.78 is 0. The Morgan fingerprint density at radius 2 is 1.76 bits per heavy atom. The summed E-state index contributed by atoms with van der Waals surface area (Å²) in [4.78, 5) is 20.6. The Hall–Kier alpha value is -2.85. The van der Waals surface area contributed by atoms with Gasteiger partial charge in [-0.3, -0.25) is 15.1 Å². The molecule has 2 aromatic carbocycles. The van der Waals surface area contributed by atoms with E-state index in [0.29, 0.717) is 5.92 Å². The number of hydrogen-bond acceptors (Lipinski definition) is 4. The minimum atomic E-state index is -0.258. The first-order chi connectivity index (χ1) is 14.0. The topological polar surface area (TPSA) is 41.6 Å². The molecule has 0 radical (unpaired) electrons. The second-order valence-electron chi connectivity index (χ2n) is 8.19. The van der Waals surface area contributed by atoms with Gasteiger partial charge in [0.2, 0.25) is 0 Å². The van der Waals surface area contributed by atoms with Crippen LogP contribution in [-0.2, 0) is 4.84 Å². The molecule has 0 amide bonds. The number of ketones is 1. The van der Waals surface area contributed by atoms with Crippen molar-refractivity contribution in [3.8, 4) is 0 Å². The van der Waals surface area contributed by atoms with Crippen LogP contribution in [0.3, 0.4) is 0 Å². The molecule has 4 nitrogen and oxygen atoms in total. The monoisotopic (exact) mass is 388 g/mol. The summed E-state index contributed by atoms with van der Waals surface area (Å²) in [6, 6.07) is 18.2. The van der Waals surface area contributed by atoms with Gasteiger partial charge in [-0.2, -0.15) is 0 Å². The Bertz CT molecular complexity index is 906. The van der Waals surface area contributed by atoms with Crippen molar-refractivity contribution < 1.29 is 9.63 Å². The molecule has 29 heavy (non-hydrogen) atoms. The van der Waals surface area contributed by atoms with Crippen molar-refractivity contribution in [2.24, 2.45) is 0 Å². The molecular weight excluding hydrogens is 360 g/mol. The van der Waals surface area contributed by atoms with Gasteiger partial charge in [-0.05, 0) is 23.1 Å². The molecule has 1 fully saturated rings. The zero-order chi connectivity index (χ0) is 20.3. The van der Waals surface area contributed by atoms with Crippen LogP contribution in [-0.4, -0.2) is 29.4 Å². The zero-order valence-electron chi connectivity index (χ0n) is 17.1. The van der Waals surface area contributed by atoms with E-state index in [0.717, 1.165) is 42.8 Å². The molecule has 0 atom stereocenters. The first-order valence-corrected chi connectivity index (χ1v) is 10.3. The number of carbonyl (C=O) groups is 1. The third-order valence-corrected chi connectivity index (χ3v) is 5.80. The highest BCUT2D eigenvalue weighted by molar-refractivity contribution is 6.04. The summed E-state index contributed by atoms with van der Waals surface area (Å²) in [7, 11) is 0. The van der Waals surface area contributed by atoms with Crippen molar-refractivity contribution in [1.82, 2.24) is 10.4 Å². The standard InChI is InChI=1S/C25H28N2O2/c1-19(2)20-8-10-22(11-9-20)24(28)12-15-27-16-13-25(14-17-27)18-23(26-29-25)21-6-4-3-5-7-21/h3-12,15,18-19,26H,13-14,16-17H2,1-2H3. The average molecular weight is 389 g/mol. The van der Waals surface area contributed by atoms with E-state index in [1.54, 1.807) is 6.08 Å². The highest BCUT2D eigenvalue weighted by Crippen LogP contribution is 2.34. The Labute approximate surface area is 172 Å². The molecule has 0 aromatic heterocycles. The van der Waals surface area contributed by atoms with Crippen LogP contribution in [0, 0.1) is 0 Å². The molecule has 1 N–H and O–H groups in total. The number of carbonyl (C=O) groups excluding carboxylic acids is 1. The largest absolute Gasteiger partial charge is 0.377 e. The van der Waals surface area contributed by atoms with Crippen LogP contribution in [0.1, 0.15) is 54.1 Å². The summed E-state index contributed by atoms with van der Waals surface area (Å²) >= 11 is 0. The van der Waals surface area contributed by atoms with E-state index in [1.807, 2.05) is 48.7 Å². The summed E-state index contributed by atoms with van der Waals surface area (Å²) in [6.07, 6.45) is 7.60. The lowest BCUT2D eigenvalue weighted by molar-refractivity contribution is -0.0639. The number of hydroxylamine groups is 1. The quantitative estimate of drug-likeness (QED) is 0.583. The first-order valence-electron chi connectivity index (χ1n) is 10.3. The molecule has 2 aliphatic heterocycles. The van der Waals surface area contributed by atoms with E-state index in [-0.39, 0.29) is 11.4 Å². The molecule has 0 aliphatic carbocycles. The fourth-order valence-corrected chi connectivity index (χ4v) is 3.84. The fourth-order valence-electron chi connectivity index (χ4n) is 3.84. The van der Waals surface area contributed by atoms with E-state index < -0.39 is 0 Å². The maximum Gasteiger partial charge on any atom is 0.187 e. The number of benzene rings is 2. The van der Waals surface area contributed by atoms with Gasteiger partial charge in [-0.15, -0.1) is 0 Å². The van der Waals surface area contributed by atoms with Gasteiger partial charge >= 0.3 is 0 Å². The number of rotatable bonds is 5. The average Bonchev–Trinajstić information content (AvgIpc) is 3.17. The molecule has 2 aliphatic rings. The predicted octanol–water partition coefficient (Wildman–Crippen LogP) is 4.92. The van der Waals surface area contributed by atoms with Crippen LogP contribution in [0.25, 0.3) is 5.70 Å². The molecule has 2 aromatic rings. The Kier molecular flexibility index (Phi) is 5.54. The molecule has 4 heteroatoms. The molecule has 0 unspecified atom stereocenters. The first kappa shape index (κ1) is 19.5. The second-order valence-corrected chi connectivity index (χ2v) is 8.19. The fraction of sp³-hybridized carbons (Fsp3) is 0.320. The molecule has 0 bridgehead atoms. The van der Waals surface area contributed by atoms with Crippen LogP contribution in [0.15, 0.2) is 72.9 Å². The number of piperidine rings is 1. The van der Waals surface area contributed by atoms with Gasteiger partial charge in [-0.1, -0.05) is 68.4 Å². The van der Waals surface area contributed by atoms with E-state index in [9.17, 15) is 4.79 Å². The highest BCUT2D eigenvalue weighted by Gasteiger charge is 2.38. The Balaban J connectivity index is 1.34. The summed E-state index contributed by atoms with van der Waals surface area (Å²) in [5, 5.41) is 0. The Morgan fingerprint density at radius 1 is 1.07 bits per heavy atom. The number of nitrogens with one attached hydrogen (secondary N) is 1. The number of allylic oxidation sites excluding steroid dienone is 1. The summed E-state index contributed by atoms with van der Waals surface area (Å²) in [6.45, 7) is 6.02. The van der Waals surface area contributed by atoms with Crippen LogP contribution in [0.4, 0.5) is 0 Å². The summed E-state index contributed by atoms with van der Waals surface area (Å²) in [5.41, 5.74) is 7.01. The van der Waals surface area contributed by atoms with Crippen LogP contribution in [0.5, 0.6) is 0 Å². The van der Waals surface area contributed by atoms with Gasteiger partial charge in [0.25, 0.3) is 0 Å². The van der Waals surface area contributed by atoms with Gasteiger partial charge in [0, 0.05) is 43.8 Å². The molecular formula is C25H28N2O2. The van der Waals surface area contributed by atoms with Crippen LogP contribution < -0.4 is 5.48 Å². The maximum absolute atomic E-state index is 12.5. The number of hydrogen-bond donors (Lipinski definition) is 1. The maximum atomic E-state index is 12.5. The summed E-state index contributed by atoms with van der Waals surface area (Å²) in [5.74, 6) is 0.518. The molecule has 4 rings (SSSR count). The predicted molar refractivity (Wildman–Crippen MR) is 116 cm³/mol. The minimum Gasteiger partial charge on any atom is -0.377 e. The third kappa shape index (κ3) is 4.43. The van der Waals surface area contributed by atoms with Crippen molar-refractivity contribution in [2.75, 3.05) is 13.1 Å². The van der Waals surface area contributed by atoms with Crippen molar-refractivity contribution in [3.63, 3.8) is 0 Å². The lowest BCUT2D eigenvalue weighted by Gasteiger charge is -2.36. The lowest BCUT2D eigenvalue weighted by atomic mass is 9.90. The van der Waals surface area contributed by atoms with E-state index in [4.69, 9.17) is 4.84 Å². The number of nitrogens with zero attached hydrogens (tertiary/aromatic N) is 1. The molecule has 0 saturated carbocycles. The highest BCUT2D eigenvalue weighted by atomic mass is 16.7. The van der Waals surface area contributed by atoms with Crippen LogP contribution >= 0.6 is 0 Å². The minimum absolute atomic E-state index is 0.0469. The SMILES string of the molecule is CC(C)c1ccc(C(=O)C=CN2CCC3(C=C(c4ccccc4)NO3)CC2)cc1. The van der Waals surface area contributed by atoms with Gasteiger partial charge in [0.05, 0.1) is 5.70 Å². The van der Waals surface area contributed by atoms with Gasteiger partial charge in [0.15, 0.2) is 5.78 Å².